The Kier molecular flexibility index (Phi) is 4.49. The maximum absolute atomic E-state index is 6.09. The van der Waals surface area contributed by atoms with Crippen LogP contribution in [0.3, 0.4) is 0 Å². The van der Waals surface area contributed by atoms with Crippen LogP contribution >= 0.6 is 11.6 Å². The first-order valence-electron chi connectivity index (χ1n) is 8.23. The van der Waals surface area contributed by atoms with Crippen LogP contribution in [0, 0.1) is 0 Å². The summed E-state index contributed by atoms with van der Waals surface area (Å²) in [6.07, 6.45) is 8.14. The van der Waals surface area contributed by atoms with Crippen molar-refractivity contribution in [2.24, 2.45) is 0 Å². The maximum Gasteiger partial charge on any atom is 0.498 e. The van der Waals surface area contributed by atoms with Gasteiger partial charge in [0.25, 0.3) is 0 Å². The van der Waals surface area contributed by atoms with Crippen molar-refractivity contribution in [3.8, 4) is 0 Å². The van der Waals surface area contributed by atoms with Gasteiger partial charge in [0.2, 0.25) is 0 Å². The first-order valence-corrected chi connectivity index (χ1v) is 8.61. The van der Waals surface area contributed by atoms with Gasteiger partial charge < -0.3 is 9.31 Å². The molecule has 1 unspecified atom stereocenters. The van der Waals surface area contributed by atoms with E-state index >= 15 is 0 Å². The molecule has 2 aromatic rings. The van der Waals surface area contributed by atoms with E-state index in [1.165, 1.54) is 0 Å². The SMILES string of the molecule is CCC(c1cncc(Cl)c1)n1cc(B2OC(C)(C)C(C)(C)O2)cn1. The lowest BCUT2D eigenvalue weighted by atomic mass is 9.82. The van der Waals surface area contributed by atoms with Gasteiger partial charge in [-0.1, -0.05) is 18.5 Å². The number of rotatable bonds is 4. The van der Waals surface area contributed by atoms with Crippen molar-refractivity contribution in [1.82, 2.24) is 14.8 Å². The zero-order valence-electron chi connectivity index (χ0n) is 14.8. The van der Waals surface area contributed by atoms with E-state index in [4.69, 9.17) is 20.9 Å². The molecule has 2 aromatic heterocycles. The zero-order chi connectivity index (χ0) is 17.5. The highest BCUT2D eigenvalue weighted by molar-refractivity contribution is 6.62. The number of nitrogens with zero attached hydrogens (tertiary/aromatic N) is 3. The number of hydrogen-bond acceptors (Lipinski definition) is 4. The van der Waals surface area contributed by atoms with Gasteiger partial charge in [0.1, 0.15) is 0 Å². The van der Waals surface area contributed by atoms with Crippen LogP contribution in [0.15, 0.2) is 30.9 Å². The van der Waals surface area contributed by atoms with E-state index in [1.807, 2.05) is 57.0 Å². The largest absolute Gasteiger partial charge is 0.498 e. The maximum atomic E-state index is 6.09. The van der Waals surface area contributed by atoms with E-state index in [0.29, 0.717) is 5.02 Å². The number of halogens is 1. The Labute approximate surface area is 148 Å². The van der Waals surface area contributed by atoms with E-state index in [-0.39, 0.29) is 17.2 Å². The van der Waals surface area contributed by atoms with Crippen LogP contribution in [0.2, 0.25) is 5.02 Å². The summed E-state index contributed by atoms with van der Waals surface area (Å²) in [5.74, 6) is 0. The molecule has 1 aliphatic heterocycles. The molecule has 3 rings (SSSR count). The lowest BCUT2D eigenvalue weighted by molar-refractivity contribution is 0.00578. The predicted molar refractivity (Wildman–Crippen MR) is 95.6 cm³/mol. The highest BCUT2D eigenvalue weighted by Gasteiger charge is 2.52. The van der Waals surface area contributed by atoms with E-state index in [9.17, 15) is 0 Å². The fourth-order valence-corrected chi connectivity index (χ4v) is 2.99. The second-order valence-corrected chi connectivity index (χ2v) is 7.64. The Morgan fingerprint density at radius 2 is 1.83 bits per heavy atom. The molecule has 24 heavy (non-hydrogen) atoms. The predicted octanol–water partition coefficient (Wildman–Crippen LogP) is 3.23. The third-order valence-corrected chi connectivity index (χ3v) is 5.17. The third-order valence-electron chi connectivity index (χ3n) is 4.96. The summed E-state index contributed by atoms with van der Waals surface area (Å²) in [7, 11) is -0.404. The van der Waals surface area contributed by atoms with Crippen molar-refractivity contribution in [2.45, 2.75) is 58.3 Å². The lowest BCUT2D eigenvalue weighted by Crippen LogP contribution is -2.41. The zero-order valence-corrected chi connectivity index (χ0v) is 15.5. The van der Waals surface area contributed by atoms with Crippen LogP contribution in [0.5, 0.6) is 0 Å². The normalized spacial score (nSPS) is 20.3. The molecule has 1 saturated heterocycles. The number of hydrogen-bond donors (Lipinski definition) is 0. The Morgan fingerprint density at radius 3 is 2.42 bits per heavy atom. The summed E-state index contributed by atoms with van der Waals surface area (Å²) >= 11 is 6.07. The van der Waals surface area contributed by atoms with Gasteiger partial charge in [-0.25, -0.2) is 0 Å². The van der Waals surface area contributed by atoms with E-state index in [0.717, 1.165) is 17.4 Å². The Balaban J connectivity index is 1.85. The van der Waals surface area contributed by atoms with Gasteiger partial charge in [0.15, 0.2) is 0 Å². The fraction of sp³-hybridized carbons (Fsp3) is 0.529. The molecule has 128 valence electrons. The Bertz CT molecular complexity index is 716. The van der Waals surface area contributed by atoms with E-state index in [2.05, 4.69) is 17.0 Å². The highest BCUT2D eigenvalue weighted by atomic mass is 35.5. The lowest BCUT2D eigenvalue weighted by Gasteiger charge is -2.32. The first-order chi connectivity index (χ1) is 11.2. The van der Waals surface area contributed by atoms with Gasteiger partial charge in [-0.05, 0) is 45.7 Å². The molecule has 7 heteroatoms. The topological polar surface area (TPSA) is 49.2 Å². The Hall–Kier alpha value is -1.37. The number of aromatic nitrogens is 3. The second-order valence-electron chi connectivity index (χ2n) is 7.20. The quantitative estimate of drug-likeness (QED) is 0.797. The standard InChI is InChI=1S/C17H23BClN3O2/c1-6-15(12-7-14(19)10-20-8-12)22-11-13(9-21-22)18-23-16(2,3)17(4,5)24-18/h7-11,15H,6H2,1-5H3. The molecule has 0 radical (unpaired) electrons. The van der Waals surface area contributed by atoms with Crippen molar-refractivity contribution in [3.63, 3.8) is 0 Å². The second kappa shape index (κ2) is 6.17. The monoisotopic (exact) mass is 347 g/mol. The molecule has 1 atom stereocenters. The van der Waals surface area contributed by atoms with Gasteiger partial charge in [-0.15, -0.1) is 0 Å². The van der Waals surface area contributed by atoms with Crippen LogP contribution in [0.4, 0.5) is 0 Å². The summed E-state index contributed by atoms with van der Waals surface area (Å²) in [5, 5.41) is 5.15. The summed E-state index contributed by atoms with van der Waals surface area (Å²) in [4.78, 5) is 4.18. The molecule has 3 heterocycles. The summed E-state index contributed by atoms with van der Waals surface area (Å²) in [5.41, 5.74) is 1.23. The van der Waals surface area contributed by atoms with Crippen LogP contribution in [0.25, 0.3) is 0 Å². The van der Waals surface area contributed by atoms with Crippen molar-refractivity contribution in [1.29, 1.82) is 0 Å². The molecule has 0 amide bonds. The summed E-state index contributed by atoms with van der Waals surface area (Å²) in [6.45, 7) is 10.3. The first kappa shape index (κ1) is 17.5. The minimum Gasteiger partial charge on any atom is -0.399 e. The van der Waals surface area contributed by atoms with Crippen LogP contribution < -0.4 is 5.46 Å². The number of pyridine rings is 1. The molecular weight excluding hydrogens is 324 g/mol. The molecule has 0 bridgehead atoms. The smallest absolute Gasteiger partial charge is 0.399 e. The molecule has 0 aromatic carbocycles. The van der Waals surface area contributed by atoms with Crippen molar-refractivity contribution >= 4 is 24.2 Å². The van der Waals surface area contributed by atoms with Crippen molar-refractivity contribution in [2.75, 3.05) is 0 Å². The van der Waals surface area contributed by atoms with E-state index in [1.54, 1.807) is 6.20 Å². The molecule has 5 nitrogen and oxygen atoms in total. The van der Waals surface area contributed by atoms with Crippen molar-refractivity contribution < 1.29 is 9.31 Å². The minimum absolute atomic E-state index is 0.0763. The molecule has 1 fully saturated rings. The van der Waals surface area contributed by atoms with Gasteiger partial charge in [-0.2, -0.15) is 5.10 Å². The molecule has 0 N–H and O–H groups in total. The van der Waals surface area contributed by atoms with Crippen molar-refractivity contribution in [3.05, 3.63) is 41.4 Å². The van der Waals surface area contributed by atoms with Crippen LogP contribution in [-0.2, 0) is 9.31 Å². The molecule has 1 aliphatic rings. The summed E-state index contributed by atoms with van der Waals surface area (Å²) < 4.78 is 14.1. The van der Waals surface area contributed by atoms with Gasteiger partial charge in [-0.3, -0.25) is 9.67 Å². The summed E-state index contributed by atoms with van der Waals surface area (Å²) in [6, 6.07) is 2.01. The molecule has 0 spiro atoms. The van der Waals surface area contributed by atoms with E-state index < -0.39 is 7.12 Å². The molecular formula is C17H23BClN3O2. The Morgan fingerprint density at radius 1 is 1.17 bits per heavy atom. The minimum atomic E-state index is -0.404. The van der Waals surface area contributed by atoms with Crippen LogP contribution in [-0.4, -0.2) is 33.1 Å². The van der Waals surface area contributed by atoms with Gasteiger partial charge in [0, 0.05) is 30.3 Å². The fourth-order valence-electron chi connectivity index (χ4n) is 2.81. The average Bonchev–Trinajstić information content (AvgIpc) is 3.04. The van der Waals surface area contributed by atoms with Crippen LogP contribution in [0.1, 0.15) is 52.6 Å². The highest BCUT2D eigenvalue weighted by Crippen LogP contribution is 2.36. The van der Waals surface area contributed by atoms with Gasteiger partial charge >= 0.3 is 7.12 Å². The molecule has 0 aliphatic carbocycles. The molecule has 0 saturated carbocycles. The average molecular weight is 348 g/mol. The van der Waals surface area contributed by atoms with Gasteiger partial charge in [0.05, 0.1) is 22.3 Å². The third kappa shape index (κ3) is 3.10.